The molecule has 4 heteroatoms. The van der Waals surface area contributed by atoms with Crippen LogP contribution in [0, 0.1) is 0 Å². The molecule has 0 bridgehead atoms. The molecule has 0 aliphatic heterocycles. The van der Waals surface area contributed by atoms with Crippen LogP contribution in [0.5, 0.6) is 0 Å². The van der Waals surface area contributed by atoms with Crippen molar-refractivity contribution in [3.8, 4) is 0 Å². The van der Waals surface area contributed by atoms with Gasteiger partial charge in [-0.3, -0.25) is 0 Å². The minimum atomic E-state index is 0.351. The van der Waals surface area contributed by atoms with Gasteiger partial charge in [0.2, 0.25) is 0 Å². The first-order chi connectivity index (χ1) is 9.15. The summed E-state index contributed by atoms with van der Waals surface area (Å²) in [5.74, 6) is 2.33. The SMILES string of the molecule is CC(C)c1nc2cc(N)ccc2n1Cc1ccco1. The molecule has 0 aliphatic rings. The molecule has 0 atom stereocenters. The smallest absolute Gasteiger partial charge is 0.123 e. The van der Waals surface area contributed by atoms with Crippen molar-refractivity contribution in [2.45, 2.75) is 26.3 Å². The Labute approximate surface area is 111 Å². The second-order valence-corrected chi connectivity index (χ2v) is 5.04. The number of nitrogen functional groups attached to an aromatic ring is 1. The van der Waals surface area contributed by atoms with Gasteiger partial charge in [0.25, 0.3) is 0 Å². The predicted molar refractivity (Wildman–Crippen MR) is 76.0 cm³/mol. The second-order valence-electron chi connectivity index (χ2n) is 5.04. The van der Waals surface area contributed by atoms with Crippen molar-refractivity contribution in [1.82, 2.24) is 9.55 Å². The van der Waals surface area contributed by atoms with E-state index in [-0.39, 0.29) is 0 Å². The number of nitrogens with zero attached hydrogens (tertiary/aromatic N) is 2. The minimum absolute atomic E-state index is 0.351. The van der Waals surface area contributed by atoms with Crippen LogP contribution in [0.3, 0.4) is 0 Å². The van der Waals surface area contributed by atoms with E-state index in [1.807, 2.05) is 30.3 Å². The molecule has 3 rings (SSSR count). The number of hydrogen-bond donors (Lipinski definition) is 1. The van der Waals surface area contributed by atoms with Crippen LogP contribution in [0.4, 0.5) is 5.69 Å². The molecule has 3 aromatic rings. The largest absolute Gasteiger partial charge is 0.467 e. The molecule has 2 aromatic heterocycles. The Bertz CT molecular complexity index is 696. The molecule has 0 spiro atoms. The van der Waals surface area contributed by atoms with Gasteiger partial charge in [0.1, 0.15) is 11.6 Å². The highest BCUT2D eigenvalue weighted by molar-refractivity contribution is 5.79. The fourth-order valence-electron chi connectivity index (χ4n) is 2.33. The van der Waals surface area contributed by atoms with E-state index in [9.17, 15) is 0 Å². The molecule has 2 N–H and O–H groups in total. The molecule has 0 saturated carbocycles. The van der Waals surface area contributed by atoms with Gasteiger partial charge >= 0.3 is 0 Å². The standard InChI is InChI=1S/C15H17N3O/c1-10(2)15-17-13-8-11(16)5-6-14(13)18(15)9-12-4-3-7-19-12/h3-8,10H,9,16H2,1-2H3. The third-order valence-electron chi connectivity index (χ3n) is 3.21. The van der Waals surface area contributed by atoms with Gasteiger partial charge in [-0.2, -0.15) is 0 Å². The molecule has 19 heavy (non-hydrogen) atoms. The van der Waals surface area contributed by atoms with Gasteiger partial charge in [0, 0.05) is 11.6 Å². The molecule has 0 fully saturated rings. The number of anilines is 1. The van der Waals surface area contributed by atoms with Gasteiger partial charge in [-0.15, -0.1) is 0 Å². The maximum Gasteiger partial charge on any atom is 0.123 e. The number of rotatable bonds is 3. The summed E-state index contributed by atoms with van der Waals surface area (Å²) in [6.07, 6.45) is 1.70. The molecule has 0 radical (unpaired) electrons. The van der Waals surface area contributed by atoms with Crippen LogP contribution in [-0.4, -0.2) is 9.55 Å². The van der Waals surface area contributed by atoms with E-state index in [2.05, 4.69) is 18.4 Å². The van der Waals surface area contributed by atoms with E-state index < -0.39 is 0 Å². The number of hydrogen-bond acceptors (Lipinski definition) is 3. The summed E-state index contributed by atoms with van der Waals surface area (Å²) >= 11 is 0. The highest BCUT2D eigenvalue weighted by atomic mass is 16.3. The summed E-state index contributed by atoms with van der Waals surface area (Å²) in [4.78, 5) is 4.69. The summed E-state index contributed by atoms with van der Waals surface area (Å²) in [6, 6.07) is 9.73. The average Bonchev–Trinajstić information content (AvgIpc) is 2.97. The van der Waals surface area contributed by atoms with Crippen molar-refractivity contribution in [2.75, 3.05) is 5.73 Å². The van der Waals surface area contributed by atoms with Gasteiger partial charge in [0.15, 0.2) is 0 Å². The molecule has 0 aliphatic carbocycles. The molecule has 0 saturated heterocycles. The highest BCUT2D eigenvalue weighted by Crippen LogP contribution is 2.24. The lowest BCUT2D eigenvalue weighted by Crippen LogP contribution is -2.06. The van der Waals surface area contributed by atoms with E-state index >= 15 is 0 Å². The van der Waals surface area contributed by atoms with Crippen molar-refractivity contribution in [3.05, 3.63) is 48.2 Å². The quantitative estimate of drug-likeness (QED) is 0.730. The van der Waals surface area contributed by atoms with E-state index in [4.69, 9.17) is 15.1 Å². The topological polar surface area (TPSA) is 57.0 Å². The van der Waals surface area contributed by atoms with Gasteiger partial charge in [0.05, 0.1) is 23.8 Å². The first-order valence-corrected chi connectivity index (χ1v) is 6.43. The van der Waals surface area contributed by atoms with Gasteiger partial charge in [-0.05, 0) is 30.3 Å². The molecule has 2 heterocycles. The number of furan rings is 1. The van der Waals surface area contributed by atoms with Crippen LogP contribution in [0.15, 0.2) is 41.0 Å². The molecule has 1 aromatic carbocycles. The summed E-state index contributed by atoms with van der Waals surface area (Å²) in [5.41, 5.74) is 8.60. The van der Waals surface area contributed by atoms with Crippen molar-refractivity contribution in [1.29, 1.82) is 0 Å². The van der Waals surface area contributed by atoms with Gasteiger partial charge in [-0.25, -0.2) is 4.98 Å². The predicted octanol–water partition coefficient (Wildman–Crippen LogP) is 3.38. The van der Waals surface area contributed by atoms with Crippen molar-refractivity contribution >= 4 is 16.7 Å². The Morgan fingerprint density at radius 2 is 2.16 bits per heavy atom. The third kappa shape index (κ3) is 2.10. The van der Waals surface area contributed by atoms with E-state index in [1.54, 1.807) is 6.26 Å². The second kappa shape index (κ2) is 4.46. The van der Waals surface area contributed by atoms with E-state index in [1.165, 1.54) is 0 Å². The highest BCUT2D eigenvalue weighted by Gasteiger charge is 2.14. The number of fused-ring (bicyclic) bond motifs is 1. The number of nitrogens with two attached hydrogens (primary N) is 1. The summed E-state index contributed by atoms with van der Waals surface area (Å²) in [7, 11) is 0. The Balaban J connectivity index is 2.16. The summed E-state index contributed by atoms with van der Waals surface area (Å²) < 4.78 is 7.63. The maximum atomic E-state index is 5.83. The zero-order chi connectivity index (χ0) is 13.4. The number of benzene rings is 1. The maximum absolute atomic E-state index is 5.83. The Kier molecular flexibility index (Phi) is 2.78. The molecular formula is C15H17N3O. The van der Waals surface area contributed by atoms with Crippen molar-refractivity contribution < 1.29 is 4.42 Å². The fourth-order valence-corrected chi connectivity index (χ4v) is 2.33. The molecule has 0 amide bonds. The van der Waals surface area contributed by atoms with Crippen LogP contribution < -0.4 is 5.73 Å². The Morgan fingerprint density at radius 1 is 1.32 bits per heavy atom. The third-order valence-corrected chi connectivity index (χ3v) is 3.21. The van der Waals surface area contributed by atoms with Crippen molar-refractivity contribution in [2.24, 2.45) is 0 Å². The normalized spacial score (nSPS) is 11.5. The lowest BCUT2D eigenvalue weighted by Gasteiger charge is -2.09. The molecule has 98 valence electrons. The monoisotopic (exact) mass is 255 g/mol. The average molecular weight is 255 g/mol. The minimum Gasteiger partial charge on any atom is -0.467 e. The molecule has 4 nitrogen and oxygen atoms in total. The van der Waals surface area contributed by atoms with Crippen molar-refractivity contribution in [3.63, 3.8) is 0 Å². The Morgan fingerprint density at radius 3 is 2.84 bits per heavy atom. The molecular weight excluding hydrogens is 238 g/mol. The number of imidazole rings is 1. The van der Waals surface area contributed by atoms with Crippen LogP contribution in [-0.2, 0) is 6.54 Å². The lowest BCUT2D eigenvalue weighted by molar-refractivity contribution is 0.489. The van der Waals surface area contributed by atoms with Crippen LogP contribution >= 0.6 is 0 Å². The zero-order valence-electron chi connectivity index (χ0n) is 11.1. The summed E-state index contributed by atoms with van der Waals surface area (Å²) in [6.45, 7) is 4.98. The fraction of sp³-hybridized carbons (Fsp3) is 0.267. The number of aromatic nitrogens is 2. The molecule has 0 unspecified atom stereocenters. The van der Waals surface area contributed by atoms with E-state index in [0.717, 1.165) is 28.3 Å². The first-order valence-electron chi connectivity index (χ1n) is 6.43. The first kappa shape index (κ1) is 11.8. The summed E-state index contributed by atoms with van der Waals surface area (Å²) in [5, 5.41) is 0. The van der Waals surface area contributed by atoms with Gasteiger partial charge in [-0.1, -0.05) is 13.8 Å². The zero-order valence-corrected chi connectivity index (χ0v) is 11.1. The lowest BCUT2D eigenvalue weighted by atomic mass is 10.2. The van der Waals surface area contributed by atoms with Crippen LogP contribution in [0.1, 0.15) is 31.4 Å². The van der Waals surface area contributed by atoms with E-state index in [0.29, 0.717) is 12.5 Å². The van der Waals surface area contributed by atoms with Crippen LogP contribution in [0.2, 0.25) is 0 Å². The van der Waals surface area contributed by atoms with Gasteiger partial charge < -0.3 is 14.7 Å². The Hall–Kier alpha value is -2.23. The van der Waals surface area contributed by atoms with Crippen LogP contribution in [0.25, 0.3) is 11.0 Å².